The Labute approximate surface area is 109 Å². The molecule has 1 fully saturated rings. The van der Waals surface area contributed by atoms with E-state index >= 15 is 0 Å². The van der Waals surface area contributed by atoms with Crippen molar-refractivity contribution in [3.05, 3.63) is 34.3 Å². The Bertz CT molecular complexity index is 425. The van der Waals surface area contributed by atoms with E-state index in [-0.39, 0.29) is 16.5 Å². The zero-order valence-electron chi connectivity index (χ0n) is 9.80. The van der Waals surface area contributed by atoms with Crippen molar-refractivity contribution in [3.8, 4) is 0 Å². The molecule has 0 saturated heterocycles. The van der Waals surface area contributed by atoms with E-state index in [0.717, 1.165) is 31.7 Å². The third kappa shape index (κ3) is 2.81. The average Bonchev–Trinajstić information content (AvgIpc) is 2.80. The zero-order chi connectivity index (χ0) is 13.3. The summed E-state index contributed by atoms with van der Waals surface area (Å²) in [5.74, 6) is 0.146. The van der Waals surface area contributed by atoms with Gasteiger partial charge in [0.2, 0.25) is 0 Å². The minimum atomic E-state index is -4.41. The number of halogens is 4. The first-order chi connectivity index (χ1) is 8.39. The summed E-state index contributed by atoms with van der Waals surface area (Å²) in [6, 6.07) is 3.29. The van der Waals surface area contributed by atoms with Gasteiger partial charge in [0, 0.05) is 11.1 Å². The van der Waals surface area contributed by atoms with E-state index in [9.17, 15) is 13.2 Å². The molecule has 0 aliphatic heterocycles. The molecule has 1 aliphatic carbocycles. The molecule has 0 radical (unpaired) electrons. The Morgan fingerprint density at radius 2 is 1.83 bits per heavy atom. The molecule has 1 aromatic rings. The highest BCUT2D eigenvalue weighted by Crippen LogP contribution is 2.40. The molecule has 0 heterocycles. The molecule has 0 amide bonds. The van der Waals surface area contributed by atoms with Crippen LogP contribution in [0, 0.1) is 5.92 Å². The van der Waals surface area contributed by atoms with Gasteiger partial charge in [0.05, 0.1) is 5.56 Å². The van der Waals surface area contributed by atoms with Crippen LogP contribution in [0.2, 0.25) is 5.02 Å². The summed E-state index contributed by atoms with van der Waals surface area (Å²) >= 11 is 5.65. The first kappa shape index (κ1) is 13.7. The third-order valence-electron chi connectivity index (χ3n) is 3.59. The minimum absolute atomic E-state index is 0.0877. The Morgan fingerprint density at radius 1 is 1.22 bits per heavy atom. The van der Waals surface area contributed by atoms with E-state index in [2.05, 4.69) is 0 Å². The maximum absolute atomic E-state index is 13.0. The first-order valence-corrected chi connectivity index (χ1v) is 6.39. The molecule has 0 bridgehead atoms. The van der Waals surface area contributed by atoms with Crippen molar-refractivity contribution in [1.82, 2.24) is 0 Å². The van der Waals surface area contributed by atoms with Crippen LogP contribution in [0.5, 0.6) is 0 Å². The first-order valence-electron chi connectivity index (χ1n) is 6.02. The quantitative estimate of drug-likeness (QED) is 0.843. The van der Waals surface area contributed by atoms with Gasteiger partial charge in [0.1, 0.15) is 0 Å². The SMILES string of the molecule is N[C@H](c1ccc(Cl)cc1C(F)(F)F)C1CCCC1. The highest BCUT2D eigenvalue weighted by atomic mass is 35.5. The molecule has 1 aromatic carbocycles. The number of hydrogen-bond donors (Lipinski definition) is 1. The van der Waals surface area contributed by atoms with Crippen molar-refractivity contribution in [2.45, 2.75) is 37.9 Å². The number of hydrogen-bond acceptors (Lipinski definition) is 1. The lowest BCUT2D eigenvalue weighted by molar-refractivity contribution is -0.138. The van der Waals surface area contributed by atoms with Gasteiger partial charge < -0.3 is 5.73 Å². The van der Waals surface area contributed by atoms with Gasteiger partial charge in [-0.2, -0.15) is 13.2 Å². The number of nitrogens with two attached hydrogens (primary N) is 1. The number of rotatable bonds is 2. The second-order valence-electron chi connectivity index (χ2n) is 4.80. The van der Waals surface area contributed by atoms with E-state index in [1.54, 1.807) is 0 Å². The van der Waals surface area contributed by atoms with Crippen molar-refractivity contribution >= 4 is 11.6 Å². The Hall–Kier alpha value is -0.740. The lowest BCUT2D eigenvalue weighted by Crippen LogP contribution is -2.23. The Balaban J connectivity index is 2.37. The van der Waals surface area contributed by atoms with E-state index in [0.29, 0.717) is 0 Å². The largest absolute Gasteiger partial charge is 0.416 e. The van der Waals surface area contributed by atoms with Gasteiger partial charge in [-0.3, -0.25) is 0 Å². The monoisotopic (exact) mass is 277 g/mol. The molecule has 1 aliphatic rings. The molecular formula is C13H15ClF3N. The van der Waals surface area contributed by atoms with Crippen LogP contribution in [0.4, 0.5) is 13.2 Å². The second-order valence-corrected chi connectivity index (χ2v) is 5.24. The molecule has 18 heavy (non-hydrogen) atoms. The van der Waals surface area contributed by atoms with Crippen molar-refractivity contribution in [3.63, 3.8) is 0 Å². The van der Waals surface area contributed by atoms with Crippen molar-refractivity contribution in [2.24, 2.45) is 11.7 Å². The van der Waals surface area contributed by atoms with E-state index < -0.39 is 17.8 Å². The lowest BCUT2D eigenvalue weighted by atomic mass is 9.89. The summed E-state index contributed by atoms with van der Waals surface area (Å²) < 4.78 is 38.9. The number of alkyl halides is 3. The summed E-state index contributed by atoms with van der Waals surface area (Å²) in [6.07, 6.45) is -0.501. The van der Waals surface area contributed by atoms with Crippen LogP contribution in [0.3, 0.4) is 0 Å². The van der Waals surface area contributed by atoms with Crippen LogP contribution in [0.25, 0.3) is 0 Å². The highest BCUT2D eigenvalue weighted by molar-refractivity contribution is 6.30. The van der Waals surface area contributed by atoms with Crippen molar-refractivity contribution in [1.29, 1.82) is 0 Å². The predicted octanol–water partition coefficient (Wildman–Crippen LogP) is 4.55. The van der Waals surface area contributed by atoms with Crippen LogP contribution in [-0.4, -0.2) is 0 Å². The summed E-state index contributed by atoms with van der Waals surface area (Å²) in [5.41, 5.74) is 5.47. The van der Waals surface area contributed by atoms with Crippen LogP contribution >= 0.6 is 11.6 Å². The van der Waals surface area contributed by atoms with Crippen molar-refractivity contribution < 1.29 is 13.2 Å². The highest BCUT2D eigenvalue weighted by Gasteiger charge is 2.36. The Kier molecular flexibility index (Phi) is 3.87. The van der Waals surface area contributed by atoms with Gasteiger partial charge in [-0.25, -0.2) is 0 Å². The van der Waals surface area contributed by atoms with Gasteiger partial charge in [-0.05, 0) is 36.5 Å². The maximum atomic E-state index is 13.0. The molecule has 1 atom stereocenters. The topological polar surface area (TPSA) is 26.0 Å². The average molecular weight is 278 g/mol. The summed E-state index contributed by atoms with van der Waals surface area (Å²) in [6.45, 7) is 0. The van der Waals surface area contributed by atoms with Crippen molar-refractivity contribution in [2.75, 3.05) is 0 Å². The van der Waals surface area contributed by atoms with E-state index in [1.165, 1.54) is 12.1 Å². The van der Waals surface area contributed by atoms with E-state index in [1.807, 2.05) is 0 Å². The van der Waals surface area contributed by atoms with Gasteiger partial charge >= 0.3 is 6.18 Å². The molecule has 0 spiro atoms. The van der Waals surface area contributed by atoms with Crippen LogP contribution in [0.15, 0.2) is 18.2 Å². The van der Waals surface area contributed by atoms with Gasteiger partial charge in [0.15, 0.2) is 0 Å². The molecule has 100 valence electrons. The molecular weight excluding hydrogens is 263 g/mol. The summed E-state index contributed by atoms with van der Waals surface area (Å²) in [5, 5.41) is 0.0877. The molecule has 1 nitrogen and oxygen atoms in total. The van der Waals surface area contributed by atoms with E-state index in [4.69, 9.17) is 17.3 Å². The molecule has 0 unspecified atom stereocenters. The van der Waals surface area contributed by atoms with Gasteiger partial charge in [-0.1, -0.05) is 30.5 Å². The lowest BCUT2D eigenvalue weighted by Gasteiger charge is -2.23. The zero-order valence-corrected chi connectivity index (χ0v) is 10.6. The van der Waals surface area contributed by atoms with Crippen LogP contribution in [-0.2, 0) is 6.18 Å². The summed E-state index contributed by atoms with van der Waals surface area (Å²) in [4.78, 5) is 0. The van der Waals surface area contributed by atoms with Crippen LogP contribution < -0.4 is 5.73 Å². The number of benzene rings is 1. The fraction of sp³-hybridized carbons (Fsp3) is 0.538. The maximum Gasteiger partial charge on any atom is 0.416 e. The Morgan fingerprint density at radius 3 is 2.39 bits per heavy atom. The smallest absolute Gasteiger partial charge is 0.324 e. The normalized spacial score (nSPS) is 19.2. The predicted molar refractivity (Wildman–Crippen MR) is 65.3 cm³/mol. The fourth-order valence-electron chi connectivity index (χ4n) is 2.64. The minimum Gasteiger partial charge on any atom is -0.324 e. The molecule has 2 N–H and O–H groups in total. The fourth-order valence-corrected chi connectivity index (χ4v) is 2.81. The second kappa shape index (κ2) is 5.10. The molecule has 1 saturated carbocycles. The van der Waals surface area contributed by atoms with Gasteiger partial charge in [0.25, 0.3) is 0 Å². The van der Waals surface area contributed by atoms with Crippen LogP contribution in [0.1, 0.15) is 42.9 Å². The molecule has 5 heteroatoms. The molecule has 0 aromatic heterocycles. The molecule has 2 rings (SSSR count). The summed E-state index contributed by atoms with van der Waals surface area (Å²) in [7, 11) is 0. The third-order valence-corrected chi connectivity index (χ3v) is 3.82. The standard InChI is InChI=1S/C13H15ClF3N/c14-9-5-6-10(11(7-9)13(15,16)17)12(18)8-3-1-2-4-8/h5-8,12H,1-4,18H2/t12-/m0/s1. The van der Waals surface area contributed by atoms with Gasteiger partial charge in [-0.15, -0.1) is 0 Å².